The van der Waals surface area contributed by atoms with Crippen molar-refractivity contribution in [2.24, 2.45) is 16.8 Å². The minimum Gasteiger partial charge on any atom is -0.427 e. The molecule has 21 heavy (non-hydrogen) atoms. The molecule has 116 valence electrons. The molecule has 0 saturated carbocycles. The summed E-state index contributed by atoms with van der Waals surface area (Å²) < 4.78 is 0. The molecule has 0 aromatic carbocycles. The minimum atomic E-state index is -1.36. The van der Waals surface area contributed by atoms with E-state index in [2.05, 4.69) is 11.8 Å². The average molecular weight is 296 g/mol. The highest BCUT2D eigenvalue weighted by Gasteiger charge is 2.36. The van der Waals surface area contributed by atoms with Crippen molar-refractivity contribution in [2.75, 3.05) is 13.1 Å². The molecule has 1 rings (SSSR count). The second-order valence-corrected chi connectivity index (χ2v) is 5.36. The number of nitrogens with two attached hydrogens (primary N) is 1. The molecule has 1 amide bonds. The number of carbonyl (C=O) groups excluding carboxylic acids is 1. The zero-order valence-corrected chi connectivity index (χ0v) is 11.9. The van der Waals surface area contributed by atoms with Gasteiger partial charge in [0, 0.05) is 31.0 Å². The van der Waals surface area contributed by atoms with E-state index in [4.69, 9.17) is 21.2 Å². The van der Waals surface area contributed by atoms with E-state index in [0.717, 1.165) is 0 Å². The van der Waals surface area contributed by atoms with Gasteiger partial charge in [0.15, 0.2) is 0 Å². The molecular formula is C12H21BN4O4. The summed E-state index contributed by atoms with van der Waals surface area (Å²) in [5.74, 6) is -0.537. The van der Waals surface area contributed by atoms with Gasteiger partial charge in [-0.1, -0.05) is 18.2 Å². The quantitative estimate of drug-likeness (QED) is 0.160. The summed E-state index contributed by atoms with van der Waals surface area (Å²) in [6, 6.07) is -0.491. The van der Waals surface area contributed by atoms with Gasteiger partial charge in [0.05, 0.1) is 5.84 Å². The number of likely N-dealkylation sites (tertiary alicyclic amines) is 1. The molecule has 1 fully saturated rings. The molecule has 1 heterocycles. The highest BCUT2D eigenvalue weighted by molar-refractivity contribution is 6.40. The second-order valence-electron chi connectivity index (χ2n) is 5.36. The van der Waals surface area contributed by atoms with E-state index in [1.165, 1.54) is 4.90 Å². The summed E-state index contributed by atoms with van der Waals surface area (Å²) in [5, 5.41) is 27.8. The molecule has 8 nitrogen and oxygen atoms in total. The van der Waals surface area contributed by atoms with E-state index >= 15 is 0 Å². The third kappa shape index (κ3) is 5.28. The normalized spacial score (nSPS) is 21.1. The fraction of sp³-hybridized carbons (Fsp3) is 0.667. The first-order chi connectivity index (χ1) is 9.85. The molecule has 0 aromatic heterocycles. The van der Waals surface area contributed by atoms with Gasteiger partial charge in [0.2, 0.25) is 5.91 Å². The van der Waals surface area contributed by atoms with Gasteiger partial charge in [-0.2, -0.15) is 4.91 Å². The maximum absolute atomic E-state index is 12.1. The summed E-state index contributed by atoms with van der Waals surface area (Å²) in [6.07, 6.45) is 1.38. The first-order valence-electron chi connectivity index (χ1n) is 6.83. The third-order valence-electron chi connectivity index (χ3n) is 3.57. The van der Waals surface area contributed by atoms with Crippen molar-refractivity contribution in [1.29, 1.82) is 5.41 Å². The number of hydrogen-bond acceptors (Lipinski definition) is 6. The first-order valence-corrected chi connectivity index (χ1v) is 6.83. The Balaban J connectivity index is 2.55. The topological polar surface area (TPSA) is 140 Å². The Morgan fingerprint density at radius 3 is 2.67 bits per heavy atom. The molecule has 0 spiro atoms. The number of amidine groups is 1. The summed E-state index contributed by atoms with van der Waals surface area (Å²) in [4.78, 5) is 24.5. The smallest absolute Gasteiger partial charge is 0.427 e. The Bertz CT molecular complexity index is 429. The van der Waals surface area contributed by atoms with Crippen LogP contribution < -0.4 is 5.73 Å². The van der Waals surface area contributed by atoms with E-state index in [0.29, 0.717) is 19.4 Å². The van der Waals surface area contributed by atoms with Crippen LogP contribution >= 0.6 is 0 Å². The Morgan fingerprint density at radius 2 is 2.14 bits per heavy atom. The molecule has 1 saturated heterocycles. The average Bonchev–Trinajstić information content (AvgIpc) is 2.79. The predicted octanol–water partition coefficient (Wildman–Crippen LogP) is -0.285. The van der Waals surface area contributed by atoms with Crippen molar-refractivity contribution < 1.29 is 14.8 Å². The van der Waals surface area contributed by atoms with Gasteiger partial charge < -0.3 is 20.7 Å². The third-order valence-corrected chi connectivity index (χ3v) is 3.57. The molecule has 0 unspecified atom stereocenters. The van der Waals surface area contributed by atoms with Crippen molar-refractivity contribution in [3.8, 4) is 0 Å². The number of nitrogens with one attached hydrogen (secondary N) is 1. The summed E-state index contributed by atoms with van der Waals surface area (Å²) in [6.45, 7) is 4.22. The van der Waals surface area contributed by atoms with E-state index in [9.17, 15) is 9.70 Å². The van der Waals surface area contributed by atoms with E-state index in [1.54, 1.807) is 0 Å². The minimum absolute atomic E-state index is 0.00981. The van der Waals surface area contributed by atoms with Gasteiger partial charge in [-0.15, -0.1) is 0 Å². The van der Waals surface area contributed by atoms with Crippen molar-refractivity contribution in [2.45, 2.75) is 31.6 Å². The number of nitroso groups, excluding NO2 is 1. The maximum Gasteiger partial charge on any atom is 0.451 e. The zero-order chi connectivity index (χ0) is 16.0. The van der Waals surface area contributed by atoms with E-state index in [-0.39, 0.29) is 42.5 Å². The molecule has 1 aliphatic rings. The van der Waals surface area contributed by atoms with Crippen LogP contribution in [0.4, 0.5) is 0 Å². The second kappa shape index (κ2) is 7.89. The largest absolute Gasteiger partial charge is 0.451 e. The molecule has 5 N–H and O–H groups in total. The van der Waals surface area contributed by atoms with Gasteiger partial charge in [-0.3, -0.25) is 10.2 Å². The molecule has 2 atom stereocenters. The number of amides is 1. The monoisotopic (exact) mass is 296 g/mol. The predicted molar refractivity (Wildman–Crippen MR) is 79.6 cm³/mol. The maximum atomic E-state index is 12.1. The molecule has 0 aromatic rings. The van der Waals surface area contributed by atoms with Crippen LogP contribution in [0.15, 0.2) is 17.3 Å². The number of nitrogens with zero attached hydrogens (tertiary/aromatic N) is 2. The van der Waals surface area contributed by atoms with Crippen molar-refractivity contribution >= 4 is 18.9 Å². The van der Waals surface area contributed by atoms with Crippen LogP contribution in [-0.2, 0) is 4.79 Å². The highest BCUT2D eigenvalue weighted by Crippen LogP contribution is 2.26. The molecule has 0 bridgehead atoms. The van der Waals surface area contributed by atoms with Crippen LogP contribution in [0.5, 0.6) is 0 Å². The van der Waals surface area contributed by atoms with Crippen LogP contribution in [0.2, 0.25) is 6.32 Å². The Labute approximate surface area is 123 Å². The Kier molecular flexibility index (Phi) is 6.51. The van der Waals surface area contributed by atoms with Crippen LogP contribution in [0, 0.1) is 16.2 Å². The number of hydrogen-bond donors (Lipinski definition) is 4. The molecule has 0 aliphatic carbocycles. The number of rotatable bonds is 8. The Morgan fingerprint density at radius 1 is 1.48 bits per heavy atom. The fourth-order valence-electron chi connectivity index (χ4n) is 2.51. The lowest BCUT2D eigenvalue weighted by Gasteiger charge is -2.17. The molecule has 0 radical (unpaired) electrons. The first kappa shape index (κ1) is 17.3. The Hall–Kier alpha value is -1.74. The molecule has 9 heteroatoms. The molecule has 1 aliphatic heterocycles. The van der Waals surface area contributed by atoms with Crippen LogP contribution in [0.1, 0.15) is 19.3 Å². The van der Waals surface area contributed by atoms with Crippen LogP contribution in [0.3, 0.4) is 0 Å². The van der Waals surface area contributed by atoms with Gasteiger partial charge in [0.1, 0.15) is 6.04 Å². The van der Waals surface area contributed by atoms with Gasteiger partial charge >= 0.3 is 7.12 Å². The lowest BCUT2D eigenvalue weighted by molar-refractivity contribution is -0.126. The van der Waals surface area contributed by atoms with Crippen molar-refractivity contribution in [3.05, 3.63) is 17.1 Å². The van der Waals surface area contributed by atoms with Crippen molar-refractivity contribution in [1.82, 2.24) is 4.90 Å². The zero-order valence-electron chi connectivity index (χ0n) is 11.9. The van der Waals surface area contributed by atoms with Gasteiger partial charge in [0.25, 0.3) is 0 Å². The van der Waals surface area contributed by atoms with Crippen LogP contribution in [-0.4, -0.2) is 52.9 Å². The van der Waals surface area contributed by atoms with Crippen molar-refractivity contribution in [3.63, 3.8) is 0 Å². The van der Waals surface area contributed by atoms with E-state index < -0.39 is 13.2 Å². The SMILES string of the molecule is C=C(CC(=N)N)C(=O)N1C[C@H](CCCB(O)O)[C@@H](N=O)C1. The van der Waals surface area contributed by atoms with E-state index in [1.807, 2.05) is 0 Å². The lowest BCUT2D eigenvalue weighted by Crippen LogP contribution is -2.31. The summed E-state index contributed by atoms with van der Waals surface area (Å²) in [7, 11) is -1.36. The summed E-state index contributed by atoms with van der Waals surface area (Å²) >= 11 is 0. The standard InChI is InChI=1S/C12H21BN4O4/c1-8(5-11(14)15)12(18)17-6-9(10(7-17)16-21)3-2-4-13(19)20/h9-10,19-20H,1-7H2,(H3,14,15)/t9-,10-/m0/s1. The van der Waals surface area contributed by atoms with Gasteiger partial charge in [-0.25, -0.2) is 0 Å². The number of carbonyl (C=O) groups is 1. The fourth-order valence-corrected chi connectivity index (χ4v) is 2.51. The highest BCUT2D eigenvalue weighted by atomic mass is 16.4. The lowest BCUT2D eigenvalue weighted by atomic mass is 9.82. The molecular weight excluding hydrogens is 275 g/mol. The summed E-state index contributed by atoms with van der Waals surface area (Å²) in [5.41, 5.74) is 5.46. The van der Waals surface area contributed by atoms with Gasteiger partial charge in [-0.05, 0) is 12.7 Å². The van der Waals surface area contributed by atoms with Crippen LogP contribution in [0.25, 0.3) is 0 Å².